The van der Waals surface area contributed by atoms with Crippen LogP contribution in [0.15, 0.2) is 54.6 Å². The van der Waals surface area contributed by atoms with Gasteiger partial charge in [0.1, 0.15) is 5.75 Å². The number of rotatable bonds is 4. The molecule has 1 aliphatic rings. The molecule has 2 N–H and O–H groups in total. The molecule has 3 aromatic rings. The van der Waals surface area contributed by atoms with Gasteiger partial charge in [0.05, 0.1) is 12.8 Å². The summed E-state index contributed by atoms with van der Waals surface area (Å²) in [5.41, 5.74) is 8.55. The van der Waals surface area contributed by atoms with E-state index < -0.39 is 0 Å². The van der Waals surface area contributed by atoms with Crippen molar-refractivity contribution in [2.45, 2.75) is 12.0 Å². The summed E-state index contributed by atoms with van der Waals surface area (Å²) in [5, 5.41) is 12.2. The summed E-state index contributed by atoms with van der Waals surface area (Å²) in [6.45, 7) is 1.49. The van der Waals surface area contributed by atoms with Crippen LogP contribution in [0.4, 0.5) is 5.95 Å². The highest BCUT2D eigenvalue weighted by Gasteiger charge is 2.34. The molecule has 7 nitrogen and oxygen atoms in total. The molecule has 0 spiro atoms. The number of tetrazole rings is 1. The highest BCUT2D eigenvalue weighted by atomic mass is 16.5. The second-order valence-corrected chi connectivity index (χ2v) is 6.17. The monoisotopic (exact) mass is 336 g/mol. The molecule has 2 atom stereocenters. The Morgan fingerprint density at radius 2 is 1.80 bits per heavy atom. The second kappa shape index (κ2) is 6.52. The van der Waals surface area contributed by atoms with Gasteiger partial charge >= 0.3 is 0 Å². The van der Waals surface area contributed by atoms with Crippen molar-refractivity contribution in [1.82, 2.24) is 20.2 Å². The van der Waals surface area contributed by atoms with Crippen molar-refractivity contribution in [3.8, 4) is 11.4 Å². The van der Waals surface area contributed by atoms with Crippen LogP contribution in [0.2, 0.25) is 0 Å². The minimum Gasteiger partial charge on any atom is -0.497 e. The first-order valence-corrected chi connectivity index (χ1v) is 8.24. The van der Waals surface area contributed by atoms with Gasteiger partial charge in [0.25, 0.3) is 0 Å². The fourth-order valence-corrected chi connectivity index (χ4v) is 3.31. The highest BCUT2D eigenvalue weighted by molar-refractivity contribution is 5.44. The molecular formula is C18H20N6O. The summed E-state index contributed by atoms with van der Waals surface area (Å²) < 4.78 is 6.98. The van der Waals surface area contributed by atoms with E-state index in [1.807, 2.05) is 42.5 Å². The summed E-state index contributed by atoms with van der Waals surface area (Å²) in [5.74, 6) is 1.80. The third-order valence-corrected chi connectivity index (χ3v) is 4.65. The number of para-hydroxylation sites is 1. The first kappa shape index (κ1) is 15.6. The predicted molar refractivity (Wildman–Crippen MR) is 95.1 cm³/mol. The average Bonchev–Trinajstić information content (AvgIpc) is 3.29. The normalized spacial score (nSPS) is 20.0. The number of aromatic nitrogens is 4. The topological polar surface area (TPSA) is 82.1 Å². The zero-order valence-corrected chi connectivity index (χ0v) is 14.0. The SMILES string of the molecule is COc1ccc([C@@H]2CN(c3nnnn3-c3ccccc3)C[C@H]2N)cc1. The van der Waals surface area contributed by atoms with Gasteiger partial charge in [0, 0.05) is 25.0 Å². The molecule has 1 fully saturated rings. The Bertz CT molecular complexity index is 832. The van der Waals surface area contributed by atoms with Crippen LogP contribution >= 0.6 is 0 Å². The van der Waals surface area contributed by atoms with Crippen LogP contribution in [-0.2, 0) is 0 Å². The highest BCUT2D eigenvalue weighted by Crippen LogP contribution is 2.30. The lowest BCUT2D eigenvalue weighted by atomic mass is 9.95. The van der Waals surface area contributed by atoms with Gasteiger partial charge in [-0.15, -0.1) is 0 Å². The molecule has 128 valence electrons. The molecule has 1 saturated heterocycles. The summed E-state index contributed by atoms with van der Waals surface area (Å²) in [6.07, 6.45) is 0. The standard InChI is InChI=1S/C18H20N6O/c1-25-15-9-7-13(8-10-15)16-11-23(12-17(16)19)18-20-21-22-24(18)14-5-3-2-4-6-14/h2-10,16-17H,11-12,19H2,1H3/t16-,17+/m0/s1. The van der Waals surface area contributed by atoms with E-state index in [1.54, 1.807) is 11.8 Å². The van der Waals surface area contributed by atoms with Crippen LogP contribution in [0, 0.1) is 0 Å². The lowest BCUT2D eigenvalue weighted by Gasteiger charge is -2.17. The van der Waals surface area contributed by atoms with E-state index >= 15 is 0 Å². The quantitative estimate of drug-likeness (QED) is 0.779. The van der Waals surface area contributed by atoms with E-state index in [4.69, 9.17) is 10.5 Å². The van der Waals surface area contributed by atoms with E-state index in [1.165, 1.54) is 5.56 Å². The Hall–Kier alpha value is -2.93. The van der Waals surface area contributed by atoms with Crippen LogP contribution in [0.5, 0.6) is 5.75 Å². The van der Waals surface area contributed by atoms with Gasteiger partial charge in [-0.3, -0.25) is 0 Å². The number of hydrogen-bond donors (Lipinski definition) is 1. The van der Waals surface area contributed by atoms with E-state index in [2.05, 4.69) is 32.6 Å². The smallest absolute Gasteiger partial charge is 0.250 e. The molecule has 0 aliphatic carbocycles. The maximum absolute atomic E-state index is 6.42. The third-order valence-electron chi connectivity index (χ3n) is 4.65. The Kier molecular flexibility index (Phi) is 4.07. The van der Waals surface area contributed by atoms with Crippen LogP contribution < -0.4 is 15.4 Å². The lowest BCUT2D eigenvalue weighted by Crippen LogP contribution is -2.29. The van der Waals surface area contributed by atoms with Crippen molar-refractivity contribution >= 4 is 5.95 Å². The molecule has 0 saturated carbocycles. The zero-order valence-electron chi connectivity index (χ0n) is 14.0. The predicted octanol–water partition coefficient (Wildman–Crippen LogP) is 1.60. The molecule has 25 heavy (non-hydrogen) atoms. The van der Waals surface area contributed by atoms with Crippen molar-refractivity contribution < 1.29 is 4.74 Å². The van der Waals surface area contributed by atoms with E-state index in [0.717, 1.165) is 23.9 Å². The van der Waals surface area contributed by atoms with Gasteiger partial charge < -0.3 is 15.4 Å². The molecule has 1 aliphatic heterocycles. The van der Waals surface area contributed by atoms with Crippen molar-refractivity contribution in [2.24, 2.45) is 5.73 Å². The Morgan fingerprint density at radius 1 is 1.04 bits per heavy atom. The van der Waals surface area contributed by atoms with E-state index in [9.17, 15) is 0 Å². The van der Waals surface area contributed by atoms with Crippen LogP contribution in [0.25, 0.3) is 5.69 Å². The van der Waals surface area contributed by atoms with Crippen molar-refractivity contribution in [3.63, 3.8) is 0 Å². The number of anilines is 1. The van der Waals surface area contributed by atoms with Crippen molar-refractivity contribution in [3.05, 3.63) is 60.2 Å². The number of ether oxygens (including phenoxy) is 1. The maximum Gasteiger partial charge on any atom is 0.250 e. The number of methoxy groups -OCH3 is 1. The van der Waals surface area contributed by atoms with Gasteiger partial charge in [-0.25, -0.2) is 0 Å². The molecule has 7 heteroatoms. The average molecular weight is 336 g/mol. The molecular weight excluding hydrogens is 316 g/mol. The van der Waals surface area contributed by atoms with Crippen molar-refractivity contribution in [1.29, 1.82) is 0 Å². The molecule has 1 aromatic heterocycles. The fraction of sp³-hybridized carbons (Fsp3) is 0.278. The number of benzene rings is 2. The number of hydrogen-bond acceptors (Lipinski definition) is 6. The summed E-state index contributed by atoms with van der Waals surface area (Å²) in [6, 6.07) is 18.0. The minimum absolute atomic E-state index is 0.0225. The zero-order chi connectivity index (χ0) is 17.2. The van der Waals surface area contributed by atoms with Gasteiger partial charge in [-0.2, -0.15) is 4.68 Å². The van der Waals surface area contributed by atoms with Crippen LogP contribution in [0.3, 0.4) is 0 Å². The van der Waals surface area contributed by atoms with Crippen LogP contribution in [-0.4, -0.2) is 46.4 Å². The molecule has 2 heterocycles. The molecule has 2 aromatic carbocycles. The van der Waals surface area contributed by atoms with Gasteiger partial charge in [0.15, 0.2) is 0 Å². The Balaban J connectivity index is 1.59. The molecule has 4 rings (SSSR count). The van der Waals surface area contributed by atoms with E-state index in [-0.39, 0.29) is 12.0 Å². The molecule has 0 radical (unpaired) electrons. The summed E-state index contributed by atoms with van der Waals surface area (Å²) in [4.78, 5) is 2.15. The Labute approximate surface area is 146 Å². The third kappa shape index (κ3) is 2.94. The van der Waals surface area contributed by atoms with Gasteiger partial charge in [-0.05, 0) is 40.3 Å². The minimum atomic E-state index is 0.0225. The maximum atomic E-state index is 6.42. The first-order valence-electron chi connectivity index (χ1n) is 8.24. The van der Waals surface area contributed by atoms with Crippen LogP contribution in [0.1, 0.15) is 11.5 Å². The summed E-state index contributed by atoms with van der Waals surface area (Å²) in [7, 11) is 1.67. The van der Waals surface area contributed by atoms with Crippen molar-refractivity contribution in [2.75, 3.05) is 25.1 Å². The largest absolute Gasteiger partial charge is 0.497 e. The number of nitrogens with zero attached hydrogens (tertiary/aromatic N) is 5. The van der Waals surface area contributed by atoms with Gasteiger partial charge in [-0.1, -0.05) is 35.4 Å². The Morgan fingerprint density at radius 3 is 2.52 bits per heavy atom. The van der Waals surface area contributed by atoms with E-state index in [0.29, 0.717) is 6.54 Å². The second-order valence-electron chi connectivity index (χ2n) is 6.17. The molecule has 0 amide bonds. The fourth-order valence-electron chi connectivity index (χ4n) is 3.31. The summed E-state index contributed by atoms with van der Waals surface area (Å²) >= 11 is 0. The molecule has 0 unspecified atom stereocenters. The molecule has 0 bridgehead atoms. The first-order chi connectivity index (χ1) is 12.3. The number of nitrogens with two attached hydrogens (primary N) is 1. The lowest BCUT2D eigenvalue weighted by molar-refractivity contribution is 0.414. The van der Waals surface area contributed by atoms with Gasteiger partial charge in [0.2, 0.25) is 5.95 Å².